The van der Waals surface area contributed by atoms with Gasteiger partial charge in [-0.2, -0.15) is 0 Å². The molecule has 3 aromatic rings. The average Bonchev–Trinajstić information content (AvgIpc) is 3.13. The highest BCUT2D eigenvalue weighted by atomic mass is 35.5. The van der Waals surface area contributed by atoms with Crippen LogP contribution in [-0.2, 0) is 24.1 Å². The second kappa shape index (κ2) is 10.3. The summed E-state index contributed by atoms with van der Waals surface area (Å²) in [5.41, 5.74) is 2.29. The molecule has 5 nitrogen and oxygen atoms in total. The molecular weight excluding hydrogens is 492 g/mol. The van der Waals surface area contributed by atoms with E-state index in [1.807, 2.05) is 19.1 Å². The smallest absolute Gasteiger partial charge is 0.323 e. The van der Waals surface area contributed by atoms with Crippen molar-refractivity contribution < 1.29 is 23.8 Å². The number of carboxylic acid groups (broad SMARTS) is 1. The molecule has 1 aliphatic heterocycles. The highest BCUT2D eigenvalue weighted by Gasteiger charge is 2.36. The third-order valence-corrected chi connectivity index (χ3v) is 6.50. The molecule has 0 fully saturated rings. The SMILES string of the molecule is C[C@]1(Cc2ccc(Cl)c(F)c2)Cc2cc(C(=O)N(CCc3cccc(Cl)c3)CC(=O)O)ccc2O1. The number of carbonyl (C=O) groups is 2. The van der Waals surface area contributed by atoms with Gasteiger partial charge in [-0.3, -0.25) is 9.59 Å². The number of halogens is 3. The predicted octanol–water partition coefficient (Wildman–Crippen LogP) is 5.84. The molecule has 0 spiro atoms. The first-order valence-electron chi connectivity index (χ1n) is 11.1. The van der Waals surface area contributed by atoms with Gasteiger partial charge >= 0.3 is 5.97 Å². The maximum Gasteiger partial charge on any atom is 0.323 e. The van der Waals surface area contributed by atoms with Gasteiger partial charge in [-0.05, 0) is 72.5 Å². The number of fused-ring (bicyclic) bond motifs is 1. The van der Waals surface area contributed by atoms with Gasteiger partial charge in [0.15, 0.2) is 0 Å². The molecule has 0 radical (unpaired) electrons. The summed E-state index contributed by atoms with van der Waals surface area (Å²) < 4.78 is 20.0. The Labute approximate surface area is 213 Å². The van der Waals surface area contributed by atoms with Crippen molar-refractivity contribution in [1.29, 1.82) is 0 Å². The number of carboxylic acids is 1. The monoisotopic (exact) mass is 515 g/mol. The molecule has 0 aromatic heterocycles. The van der Waals surface area contributed by atoms with E-state index in [0.717, 1.165) is 16.7 Å². The van der Waals surface area contributed by atoms with Crippen molar-refractivity contribution in [3.63, 3.8) is 0 Å². The van der Waals surface area contributed by atoms with E-state index >= 15 is 0 Å². The van der Waals surface area contributed by atoms with Crippen molar-refractivity contribution in [3.8, 4) is 5.75 Å². The second-order valence-electron chi connectivity index (χ2n) is 8.98. The number of hydrogen-bond donors (Lipinski definition) is 1. The number of rotatable bonds is 8. The van der Waals surface area contributed by atoms with Crippen LogP contribution in [-0.4, -0.2) is 40.6 Å². The lowest BCUT2D eigenvalue weighted by Gasteiger charge is -2.24. The zero-order valence-electron chi connectivity index (χ0n) is 19.1. The summed E-state index contributed by atoms with van der Waals surface area (Å²) in [5.74, 6) is -1.28. The summed E-state index contributed by atoms with van der Waals surface area (Å²) in [6.07, 6.45) is 1.46. The molecule has 35 heavy (non-hydrogen) atoms. The fourth-order valence-corrected chi connectivity index (χ4v) is 4.72. The topological polar surface area (TPSA) is 66.8 Å². The predicted molar refractivity (Wildman–Crippen MR) is 133 cm³/mol. The van der Waals surface area contributed by atoms with Gasteiger partial charge in [0.05, 0.1) is 5.02 Å². The minimum Gasteiger partial charge on any atom is -0.487 e. The van der Waals surface area contributed by atoms with E-state index in [-0.39, 0.29) is 17.5 Å². The molecule has 3 aromatic carbocycles. The van der Waals surface area contributed by atoms with Crippen LogP contribution in [0.3, 0.4) is 0 Å². The van der Waals surface area contributed by atoms with Crippen LogP contribution in [0.15, 0.2) is 60.7 Å². The molecule has 0 saturated carbocycles. The zero-order chi connectivity index (χ0) is 25.2. The van der Waals surface area contributed by atoms with Gasteiger partial charge in [-0.25, -0.2) is 4.39 Å². The number of amides is 1. The highest BCUT2D eigenvalue weighted by Crippen LogP contribution is 2.38. The number of aliphatic carboxylic acids is 1. The standard InChI is InChI=1S/C27H24Cl2FNO4/c1-27(14-18-5-7-22(29)23(30)12-18)15-20-13-19(6-8-24(20)35-27)26(34)31(16-25(32)33)10-9-17-3-2-4-21(28)11-17/h2-8,11-13H,9-10,14-16H2,1H3,(H,32,33)/t27-/m0/s1. The third kappa shape index (κ3) is 6.13. The van der Waals surface area contributed by atoms with E-state index in [4.69, 9.17) is 27.9 Å². The molecule has 1 atom stereocenters. The van der Waals surface area contributed by atoms with Gasteiger partial charge in [0.1, 0.15) is 23.7 Å². The van der Waals surface area contributed by atoms with Crippen molar-refractivity contribution in [2.45, 2.75) is 31.8 Å². The van der Waals surface area contributed by atoms with Gasteiger partial charge in [0.2, 0.25) is 0 Å². The van der Waals surface area contributed by atoms with Crippen LogP contribution in [0.4, 0.5) is 4.39 Å². The lowest BCUT2D eigenvalue weighted by molar-refractivity contribution is -0.137. The van der Waals surface area contributed by atoms with E-state index in [1.165, 1.54) is 17.0 Å². The maximum absolute atomic E-state index is 13.9. The maximum atomic E-state index is 13.9. The zero-order valence-corrected chi connectivity index (χ0v) is 20.6. The first kappa shape index (κ1) is 25.0. The Balaban J connectivity index is 1.49. The Hall–Kier alpha value is -3.09. The summed E-state index contributed by atoms with van der Waals surface area (Å²) >= 11 is 11.8. The van der Waals surface area contributed by atoms with Crippen molar-refractivity contribution in [2.24, 2.45) is 0 Å². The lowest BCUT2D eigenvalue weighted by atomic mass is 9.91. The van der Waals surface area contributed by atoms with Crippen LogP contribution in [0, 0.1) is 5.82 Å². The van der Waals surface area contributed by atoms with Crippen molar-refractivity contribution >= 4 is 35.1 Å². The van der Waals surface area contributed by atoms with Gasteiger partial charge in [-0.1, -0.05) is 41.4 Å². The number of nitrogens with zero attached hydrogens (tertiary/aromatic N) is 1. The first-order valence-corrected chi connectivity index (χ1v) is 11.9. The van der Waals surface area contributed by atoms with Crippen LogP contribution in [0.2, 0.25) is 10.0 Å². The van der Waals surface area contributed by atoms with E-state index in [9.17, 15) is 19.1 Å². The minimum atomic E-state index is -1.09. The normalized spacial score (nSPS) is 16.5. The Bertz CT molecular complexity index is 1280. The third-order valence-electron chi connectivity index (χ3n) is 5.96. The average molecular weight is 516 g/mol. The van der Waals surface area contributed by atoms with E-state index in [0.29, 0.717) is 35.6 Å². The van der Waals surface area contributed by atoms with E-state index < -0.39 is 23.9 Å². The van der Waals surface area contributed by atoms with Gasteiger partial charge < -0.3 is 14.7 Å². The molecule has 0 bridgehead atoms. The summed E-state index contributed by atoms with van der Waals surface area (Å²) in [4.78, 5) is 26.0. The summed E-state index contributed by atoms with van der Waals surface area (Å²) in [7, 11) is 0. The molecule has 1 heterocycles. The van der Waals surface area contributed by atoms with Crippen molar-refractivity contribution in [3.05, 3.63) is 98.8 Å². The molecule has 0 aliphatic carbocycles. The summed E-state index contributed by atoms with van der Waals surface area (Å²) in [5, 5.41) is 10.0. The Morgan fingerprint density at radius 3 is 2.60 bits per heavy atom. The van der Waals surface area contributed by atoms with Crippen LogP contribution >= 0.6 is 23.2 Å². The van der Waals surface area contributed by atoms with Gasteiger partial charge in [-0.15, -0.1) is 0 Å². The molecular formula is C27H24Cl2FNO4. The molecule has 8 heteroatoms. The largest absolute Gasteiger partial charge is 0.487 e. The molecule has 1 amide bonds. The Morgan fingerprint density at radius 1 is 1.09 bits per heavy atom. The van der Waals surface area contributed by atoms with Crippen LogP contribution in [0.1, 0.15) is 34.0 Å². The summed E-state index contributed by atoms with van der Waals surface area (Å²) in [6, 6.07) is 17.1. The van der Waals surface area contributed by atoms with Crippen LogP contribution in [0.25, 0.3) is 0 Å². The van der Waals surface area contributed by atoms with E-state index in [2.05, 4.69) is 0 Å². The number of benzene rings is 3. The van der Waals surface area contributed by atoms with E-state index in [1.54, 1.807) is 36.4 Å². The fourth-order valence-electron chi connectivity index (χ4n) is 4.39. The van der Waals surface area contributed by atoms with Crippen molar-refractivity contribution in [2.75, 3.05) is 13.1 Å². The quantitative estimate of drug-likeness (QED) is 0.409. The molecule has 1 aliphatic rings. The number of carbonyl (C=O) groups excluding carboxylic acids is 1. The van der Waals surface area contributed by atoms with Crippen molar-refractivity contribution in [1.82, 2.24) is 4.90 Å². The Morgan fingerprint density at radius 2 is 1.89 bits per heavy atom. The summed E-state index contributed by atoms with van der Waals surface area (Å²) in [6.45, 7) is 1.76. The lowest BCUT2D eigenvalue weighted by Crippen LogP contribution is -2.37. The minimum absolute atomic E-state index is 0.0685. The highest BCUT2D eigenvalue weighted by molar-refractivity contribution is 6.31. The molecule has 4 rings (SSSR count). The second-order valence-corrected chi connectivity index (χ2v) is 9.82. The van der Waals surface area contributed by atoms with Crippen LogP contribution < -0.4 is 4.74 Å². The van der Waals surface area contributed by atoms with Gasteiger partial charge in [0.25, 0.3) is 5.91 Å². The number of hydrogen-bond acceptors (Lipinski definition) is 3. The molecule has 1 N–H and O–H groups in total. The number of ether oxygens (including phenoxy) is 1. The molecule has 0 saturated heterocycles. The van der Waals surface area contributed by atoms with Crippen LogP contribution in [0.5, 0.6) is 5.75 Å². The molecule has 0 unspecified atom stereocenters. The fraction of sp³-hybridized carbons (Fsp3) is 0.259. The molecule has 182 valence electrons. The first-order chi connectivity index (χ1) is 16.6. The Kier molecular flexibility index (Phi) is 7.33. The van der Waals surface area contributed by atoms with Gasteiger partial charge in [0, 0.05) is 30.0 Å².